The molecule has 1 amide bonds. The van der Waals surface area contributed by atoms with Gasteiger partial charge >= 0.3 is 0 Å². The molecule has 0 aliphatic carbocycles. The Hall–Kier alpha value is -3.86. The number of nitriles is 1. The molecule has 8 nitrogen and oxygen atoms in total. The van der Waals surface area contributed by atoms with E-state index in [9.17, 15) is 10.1 Å². The van der Waals surface area contributed by atoms with E-state index in [2.05, 4.69) is 6.07 Å². The monoisotopic (exact) mass is 365 g/mol. The van der Waals surface area contributed by atoms with Crippen LogP contribution in [0.5, 0.6) is 23.0 Å². The van der Waals surface area contributed by atoms with E-state index < -0.39 is 11.8 Å². The van der Waals surface area contributed by atoms with Gasteiger partial charge in [0.1, 0.15) is 23.1 Å². The lowest BCUT2D eigenvalue weighted by Gasteiger charge is -2.26. The molecule has 8 heteroatoms. The second-order valence-electron chi connectivity index (χ2n) is 6.00. The molecule has 4 rings (SSSR count). The fourth-order valence-electron chi connectivity index (χ4n) is 3.13. The highest BCUT2D eigenvalue weighted by molar-refractivity contribution is 5.75. The van der Waals surface area contributed by atoms with Crippen LogP contribution in [0.25, 0.3) is 0 Å². The molecule has 0 fully saturated rings. The normalized spacial score (nSPS) is 16.9. The number of carbonyl (C=O) groups is 1. The second-order valence-corrected chi connectivity index (χ2v) is 6.00. The van der Waals surface area contributed by atoms with Crippen LogP contribution in [0.4, 0.5) is 0 Å². The average molecular weight is 365 g/mol. The van der Waals surface area contributed by atoms with Crippen molar-refractivity contribution in [1.29, 1.82) is 5.26 Å². The number of benzene rings is 2. The predicted molar refractivity (Wildman–Crippen MR) is 93.0 cm³/mol. The van der Waals surface area contributed by atoms with E-state index in [1.165, 1.54) is 0 Å². The molecule has 4 N–H and O–H groups in total. The molecular weight excluding hydrogens is 350 g/mol. The van der Waals surface area contributed by atoms with Crippen LogP contribution < -0.4 is 30.4 Å². The fraction of sp³-hybridized carbons (Fsp3) is 0.158. The smallest absolute Gasteiger partial charge is 0.255 e. The van der Waals surface area contributed by atoms with Crippen LogP contribution in [-0.2, 0) is 4.79 Å². The van der Waals surface area contributed by atoms with Gasteiger partial charge < -0.3 is 30.4 Å². The molecule has 2 aromatic carbocycles. The highest BCUT2D eigenvalue weighted by atomic mass is 16.7. The van der Waals surface area contributed by atoms with Crippen LogP contribution >= 0.6 is 0 Å². The van der Waals surface area contributed by atoms with E-state index in [1.807, 2.05) is 6.07 Å². The molecule has 2 heterocycles. The van der Waals surface area contributed by atoms with Gasteiger partial charge in [0.05, 0.1) is 5.92 Å². The van der Waals surface area contributed by atoms with Gasteiger partial charge in [-0.05, 0) is 23.8 Å². The summed E-state index contributed by atoms with van der Waals surface area (Å²) in [6.45, 7) is -0.122. The van der Waals surface area contributed by atoms with Crippen LogP contribution in [-0.4, -0.2) is 19.3 Å². The average Bonchev–Trinajstić information content (AvgIpc) is 3.11. The van der Waals surface area contributed by atoms with Gasteiger partial charge in [0.15, 0.2) is 18.1 Å². The van der Waals surface area contributed by atoms with Gasteiger partial charge in [-0.1, -0.05) is 12.1 Å². The minimum atomic E-state index is -0.577. The number of rotatable bonds is 4. The lowest BCUT2D eigenvalue weighted by molar-refractivity contribution is -0.119. The molecular formula is C19H15N3O5. The predicted octanol–water partition coefficient (Wildman–Crippen LogP) is 1.50. The maximum Gasteiger partial charge on any atom is 0.255 e. The first-order valence-electron chi connectivity index (χ1n) is 8.09. The molecule has 2 aliphatic heterocycles. The van der Waals surface area contributed by atoms with Crippen LogP contribution in [0.2, 0.25) is 0 Å². The molecule has 1 atom stereocenters. The number of nitrogens with zero attached hydrogens (tertiary/aromatic N) is 1. The zero-order valence-corrected chi connectivity index (χ0v) is 14.1. The van der Waals surface area contributed by atoms with Crippen LogP contribution in [0, 0.1) is 11.3 Å². The minimum Gasteiger partial charge on any atom is -0.484 e. The Morgan fingerprint density at radius 2 is 2.00 bits per heavy atom. The van der Waals surface area contributed by atoms with Crippen LogP contribution in [0.1, 0.15) is 17.0 Å². The Labute approximate surface area is 154 Å². The summed E-state index contributed by atoms with van der Waals surface area (Å²) in [4.78, 5) is 11.0. The third-order valence-electron chi connectivity index (χ3n) is 4.28. The molecule has 1 unspecified atom stereocenters. The number of amides is 1. The summed E-state index contributed by atoms with van der Waals surface area (Å²) in [6.07, 6.45) is 0. The number of fused-ring (bicyclic) bond motifs is 2. The van der Waals surface area contributed by atoms with Gasteiger partial charge in [-0.3, -0.25) is 4.79 Å². The molecule has 2 aromatic rings. The second kappa shape index (κ2) is 6.46. The largest absolute Gasteiger partial charge is 0.484 e. The first-order valence-corrected chi connectivity index (χ1v) is 8.09. The van der Waals surface area contributed by atoms with E-state index in [0.29, 0.717) is 23.0 Å². The Kier molecular flexibility index (Phi) is 3.97. The molecule has 0 aromatic heterocycles. The van der Waals surface area contributed by atoms with E-state index in [4.69, 9.17) is 30.4 Å². The Morgan fingerprint density at radius 1 is 1.22 bits per heavy atom. The van der Waals surface area contributed by atoms with E-state index >= 15 is 0 Å². The topological polar surface area (TPSA) is 130 Å². The zero-order chi connectivity index (χ0) is 19.0. The van der Waals surface area contributed by atoms with E-state index in [0.717, 1.165) is 11.1 Å². The van der Waals surface area contributed by atoms with E-state index in [-0.39, 0.29) is 24.9 Å². The third kappa shape index (κ3) is 2.95. The summed E-state index contributed by atoms with van der Waals surface area (Å²) < 4.78 is 21.8. The van der Waals surface area contributed by atoms with Gasteiger partial charge in [0.2, 0.25) is 12.7 Å². The third-order valence-corrected chi connectivity index (χ3v) is 4.28. The molecule has 2 aliphatic rings. The maximum absolute atomic E-state index is 11.0. The number of hydrogen-bond donors (Lipinski definition) is 2. The molecule has 0 saturated heterocycles. The number of hydrogen-bond acceptors (Lipinski definition) is 7. The number of carbonyl (C=O) groups excluding carboxylic acids is 1. The van der Waals surface area contributed by atoms with Crippen molar-refractivity contribution < 1.29 is 23.7 Å². The van der Waals surface area contributed by atoms with Crippen molar-refractivity contribution in [2.24, 2.45) is 11.5 Å². The van der Waals surface area contributed by atoms with Crippen molar-refractivity contribution in [1.82, 2.24) is 0 Å². The van der Waals surface area contributed by atoms with Gasteiger partial charge in [0.25, 0.3) is 5.91 Å². The Balaban J connectivity index is 1.80. The molecule has 0 saturated carbocycles. The first-order chi connectivity index (χ1) is 13.1. The summed E-state index contributed by atoms with van der Waals surface area (Å²) in [7, 11) is 0. The number of allylic oxidation sites excluding steroid dienone is 1. The van der Waals surface area contributed by atoms with Gasteiger partial charge in [-0.15, -0.1) is 0 Å². The summed E-state index contributed by atoms with van der Waals surface area (Å²) in [6, 6.07) is 12.6. The van der Waals surface area contributed by atoms with Crippen molar-refractivity contribution in [3.8, 4) is 29.1 Å². The van der Waals surface area contributed by atoms with Crippen molar-refractivity contribution in [3.63, 3.8) is 0 Å². The molecule has 27 heavy (non-hydrogen) atoms. The lowest BCUT2D eigenvalue weighted by Crippen LogP contribution is -2.21. The fourth-order valence-corrected chi connectivity index (χ4v) is 3.13. The molecule has 0 radical (unpaired) electrons. The SMILES string of the molecule is N#CC1=C(N)Oc2cc3c(cc2C1c1cccc(OCC(N)=O)c1)OCO3. The number of nitrogens with two attached hydrogens (primary N) is 2. The Bertz CT molecular complexity index is 1010. The summed E-state index contributed by atoms with van der Waals surface area (Å²) >= 11 is 0. The van der Waals surface area contributed by atoms with Gasteiger partial charge in [-0.25, -0.2) is 0 Å². The van der Waals surface area contributed by atoms with Gasteiger partial charge in [0, 0.05) is 11.6 Å². The lowest BCUT2D eigenvalue weighted by atomic mass is 9.83. The van der Waals surface area contributed by atoms with Gasteiger partial charge in [-0.2, -0.15) is 5.26 Å². The van der Waals surface area contributed by atoms with Crippen molar-refractivity contribution in [2.75, 3.05) is 13.4 Å². The van der Waals surface area contributed by atoms with Crippen molar-refractivity contribution in [3.05, 3.63) is 59.0 Å². The quantitative estimate of drug-likeness (QED) is 0.839. The summed E-state index contributed by atoms with van der Waals surface area (Å²) in [5.74, 6) is 1.04. The Morgan fingerprint density at radius 3 is 2.74 bits per heavy atom. The number of primary amides is 1. The van der Waals surface area contributed by atoms with Crippen LogP contribution in [0.3, 0.4) is 0 Å². The standard InChI is InChI=1S/C19H15N3O5/c20-7-13-18(10-2-1-3-11(4-10)24-8-17(21)23)12-5-15-16(26-9-25-15)6-14(12)27-19(13)22/h1-6,18H,8-9,22H2,(H2,21,23). The first kappa shape index (κ1) is 16.6. The summed E-state index contributed by atoms with van der Waals surface area (Å²) in [5.41, 5.74) is 12.9. The highest BCUT2D eigenvalue weighted by Gasteiger charge is 2.33. The zero-order valence-electron chi connectivity index (χ0n) is 14.1. The summed E-state index contributed by atoms with van der Waals surface area (Å²) in [5, 5.41) is 9.64. The van der Waals surface area contributed by atoms with Crippen LogP contribution in [0.15, 0.2) is 47.9 Å². The van der Waals surface area contributed by atoms with E-state index in [1.54, 1.807) is 30.3 Å². The van der Waals surface area contributed by atoms with Crippen molar-refractivity contribution in [2.45, 2.75) is 5.92 Å². The molecule has 136 valence electrons. The number of ether oxygens (including phenoxy) is 4. The minimum absolute atomic E-state index is 0.0253. The molecule has 0 bridgehead atoms. The maximum atomic E-state index is 11.0. The molecule has 0 spiro atoms. The highest BCUT2D eigenvalue weighted by Crippen LogP contribution is 2.48. The van der Waals surface area contributed by atoms with Crippen molar-refractivity contribution >= 4 is 5.91 Å².